The smallest absolute Gasteiger partial charge is 0.340 e. The van der Waals surface area contributed by atoms with Crippen molar-refractivity contribution in [3.8, 4) is 11.4 Å². The lowest BCUT2D eigenvalue weighted by Gasteiger charge is -2.18. The second kappa shape index (κ2) is 9.47. The number of ether oxygens (including phenoxy) is 2. The van der Waals surface area contributed by atoms with Crippen LogP contribution in [0.2, 0.25) is 5.02 Å². The van der Waals surface area contributed by atoms with Crippen molar-refractivity contribution < 1.29 is 19.1 Å². The van der Waals surface area contributed by atoms with Gasteiger partial charge in [-0.25, -0.2) is 4.79 Å². The molecule has 0 atom stereocenters. The first-order chi connectivity index (χ1) is 16.7. The van der Waals surface area contributed by atoms with Gasteiger partial charge in [0.25, 0.3) is 5.91 Å². The van der Waals surface area contributed by atoms with Gasteiger partial charge in [0.1, 0.15) is 5.75 Å². The Morgan fingerprint density at radius 2 is 1.74 bits per heavy atom. The van der Waals surface area contributed by atoms with Gasteiger partial charge in [-0.1, -0.05) is 23.7 Å². The highest BCUT2D eigenvalue weighted by atomic mass is 35.5. The zero-order valence-electron chi connectivity index (χ0n) is 20.6. The summed E-state index contributed by atoms with van der Waals surface area (Å²) in [5.41, 5.74) is 6.40. The normalized spacial score (nSPS) is 14.8. The van der Waals surface area contributed by atoms with Gasteiger partial charge in [-0.15, -0.1) is 0 Å². The third kappa shape index (κ3) is 4.26. The maximum absolute atomic E-state index is 13.7. The molecule has 0 aliphatic carbocycles. The summed E-state index contributed by atoms with van der Waals surface area (Å²) in [6.07, 6.45) is 1.76. The standard InChI is InChI=1S/C28H27ClN2O4/c1-16-10-11-21(29)14-25(16)30-17(2)12-20(18(30)3)13-24-26(28(33)35-6)19(4)31(27(24)32)22-8-7-9-23(15-22)34-5/h7-15H,1-6H3/b24-13-. The average Bonchev–Trinajstić information content (AvgIpc) is 3.26. The predicted molar refractivity (Wildman–Crippen MR) is 138 cm³/mol. The number of hydrogen-bond acceptors (Lipinski definition) is 4. The number of allylic oxidation sites excluding steroid dienone is 1. The van der Waals surface area contributed by atoms with Gasteiger partial charge in [0.2, 0.25) is 0 Å². The fourth-order valence-corrected chi connectivity index (χ4v) is 4.69. The first kappa shape index (κ1) is 24.4. The van der Waals surface area contributed by atoms with E-state index in [1.54, 1.807) is 44.4 Å². The molecule has 0 saturated carbocycles. The average molecular weight is 491 g/mol. The summed E-state index contributed by atoms with van der Waals surface area (Å²) in [6, 6.07) is 14.9. The van der Waals surface area contributed by atoms with Crippen molar-refractivity contribution >= 4 is 35.2 Å². The van der Waals surface area contributed by atoms with Crippen LogP contribution in [0, 0.1) is 20.8 Å². The van der Waals surface area contributed by atoms with Crippen molar-refractivity contribution in [3.63, 3.8) is 0 Å². The van der Waals surface area contributed by atoms with E-state index in [1.807, 2.05) is 45.0 Å². The molecule has 0 saturated heterocycles. The van der Waals surface area contributed by atoms with E-state index in [9.17, 15) is 9.59 Å². The van der Waals surface area contributed by atoms with Gasteiger partial charge in [0.05, 0.1) is 31.1 Å². The molecule has 0 N–H and O–H groups in total. The Bertz CT molecular complexity index is 1410. The van der Waals surface area contributed by atoms with Crippen LogP contribution < -0.4 is 9.64 Å². The molecule has 35 heavy (non-hydrogen) atoms. The number of carbonyl (C=O) groups excluding carboxylic acids is 2. The molecule has 6 nitrogen and oxygen atoms in total. The maximum atomic E-state index is 13.7. The van der Waals surface area contributed by atoms with Crippen molar-refractivity contribution in [1.82, 2.24) is 4.57 Å². The first-order valence-electron chi connectivity index (χ1n) is 11.1. The summed E-state index contributed by atoms with van der Waals surface area (Å²) in [7, 11) is 2.88. The van der Waals surface area contributed by atoms with Crippen LogP contribution in [0.1, 0.15) is 29.4 Å². The quantitative estimate of drug-likeness (QED) is 0.328. The highest BCUT2D eigenvalue weighted by Crippen LogP contribution is 2.37. The van der Waals surface area contributed by atoms with Crippen molar-refractivity contribution in [3.05, 3.63) is 92.9 Å². The van der Waals surface area contributed by atoms with E-state index in [2.05, 4.69) is 4.57 Å². The van der Waals surface area contributed by atoms with E-state index in [0.717, 1.165) is 28.2 Å². The molecule has 4 rings (SSSR count). The monoisotopic (exact) mass is 490 g/mol. The number of rotatable bonds is 5. The minimum absolute atomic E-state index is 0.240. The summed E-state index contributed by atoms with van der Waals surface area (Å²) in [5.74, 6) is -0.257. The zero-order chi connectivity index (χ0) is 25.4. The number of nitrogens with zero attached hydrogens (tertiary/aromatic N) is 2. The topological polar surface area (TPSA) is 60.8 Å². The summed E-state index contributed by atoms with van der Waals surface area (Å²) >= 11 is 6.27. The number of benzene rings is 2. The van der Waals surface area contributed by atoms with Crippen LogP contribution in [0.4, 0.5) is 5.69 Å². The second-order valence-electron chi connectivity index (χ2n) is 8.44. The predicted octanol–water partition coefficient (Wildman–Crippen LogP) is 5.94. The van der Waals surface area contributed by atoms with Gasteiger partial charge in [-0.2, -0.15) is 0 Å². The van der Waals surface area contributed by atoms with Gasteiger partial charge in [0, 0.05) is 33.9 Å². The Morgan fingerprint density at radius 3 is 2.43 bits per heavy atom. The van der Waals surface area contributed by atoms with E-state index in [-0.39, 0.29) is 17.1 Å². The summed E-state index contributed by atoms with van der Waals surface area (Å²) in [4.78, 5) is 28.0. The minimum atomic E-state index is -0.563. The van der Waals surface area contributed by atoms with E-state index < -0.39 is 5.97 Å². The number of aromatic nitrogens is 1. The number of anilines is 1. The minimum Gasteiger partial charge on any atom is -0.497 e. The zero-order valence-corrected chi connectivity index (χ0v) is 21.4. The van der Waals surface area contributed by atoms with Crippen LogP contribution in [0.5, 0.6) is 5.75 Å². The van der Waals surface area contributed by atoms with Crippen LogP contribution in [0.15, 0.2) is 65.4 Å². The largest absolute Gasteiger partial charge is 0.497 e. The van der Waals surface area contributed by atoms with Crippen LogP contribution in [-0.2, 0) is 14.3 Å². The number of methoxy groups -OCH3 is 2. The lowest BCUT2D eigenvalue weighted by Crippen LogP contribution is -2.24. The highest BCUT2D eigenvalue weighted by molar-refractivity contribution is 6.30. The Balaban J connectivity index is 1.87. The van der Waals surface area contributed by atoms with E-state index in [1.165, 1.54) is 12.0 Å². The molecule has 0 fully saturated rings. The van der Waals surface area contributed by atoms with Crippen LogP contribution in [0.25, 0.3) is 11.8 Å². The Hall–Kier alpha value is -3.77. The molecule has 1 aliphatic heterocycles. The van der Waals surface area contributed by atoms with E-state index >= 15 is 0 Å². The van der Waals surface area contributed by atoms with Gasteiger partial charge >= 0.3 is 5.97 Å². The van der Waals surface area contributed by atoms with E-state index in [4.69, 9.17) is 21.1 Å². The molecule has 2 aromatic carbocycles. The fourth-order valence-electron chi connectivity index (χ4n) is 4.52. The number of aryl methyl sites for hydroxylation is 2. The summed E-state index contributed by atoms with van der Waals surface area (Å²) < 4.78 is 12.5. The highest BCUT2D eigenvalue weighted by Gasteiger charge is 2.38. The van der Waals surface area contributed by atoms with Crippen molar-refractivity contribution in [1.29, 1.82) is 0 Å². The van der Waals surface area contributed by atoms with Gasteiger partial charge < -0.3 is 14.0 Å². The lowest BCUT2D eigenvalue weighted by molar-refractivity contribution is -0.136. The van der Waals surface area contributed by atoms with Crippen LogP contribution >= 0.6 is 11.6 Å². The molecule has 2 heterocycles. The molecule has 1 amide bonds. The molecule has 180 valence electrons. The van der Waals surface area contributed by atoms with Crippen molar-refractivity contribution in [2.75, 3.05) is 19.1 Å². The maximum Gasteiger partial charge on any atom is 0.340 e. The van der Waals surface area contributed by atoms with E-state index in [0.29, 0.717) is 22.2 Å². The number of hydrogen-bond donors (Lipinski definition) is 0. The summed E-state index contributed by atoms with van der Waals surface area (Å²) in [6.45, 7) is 7.74. The molecular formula is C28H27ClN2O4. The molecular weight excluding hydrogens is 464 g/mol. The SMILES string of the molecule is COC(=O)C1=C(C)N(c2cccc(OC)c2)C(=O)/C1=C\c1cc(C)n(-c2cc(Cl)ccc2C)c1C. The lowest BCUT2D eigenvalue weighted by atomic mass is 10.0. The summed E-state index contributed by atoms with van der Waals surface area (Å²) in [5, 5.41) is 0.643. The van der Waals surface area contributed by atoms with Crippen molar-refractivity contribution in [2.24, 2.45) is 0 Å². The molecule has 0 radical (unpaired) electrons. The van der Waals surface area contributed by atoms with Gasteiger partial charge in [0.15, 0.2) is 0 Å². The van der Waals surface area contributed by atoms with Crippen LogP contribution in [0.3, 0.4) is 0 Å². The molecule has 1 aliphatic rings. The molecule has 0 bridgehead atoms. The third-order valence-corrected chi connectivity index (χ3v) is 6.52. The van der Waals surface area contributed by atoms with Gasteiger partial charge in [-0.05, 0) is 75.2 Å². The van der Waals surface area contributed by atoms with Gasteiger partial charge in [-0.3, -0.25) is 9.69 Å². The molecule has 0 spiro atoms. The van der Waals surface area contributed by atoms with Crippen LogP contribution in [-0.4, -0.2) is 30.7 Å². The number of amides is 1. The molecule has 0 unspecified atom stereocenters. The molecule has 3 aromatic rings. The fraction of sp³-hybridized carbons (Fsp3) is 0.214. The third-order valence-electron chi connectivity index (χ3n) is 6.28. The Labute approximate surface area is 210 Å². The number of esters is 1. The number of carbonyl (C=O) groups is 2. The first-order valence-corrected chi connectivity index (χ1v) is 11.5. The number of halogens is 1. The Morgan fingerprint density at radius 1 is 1.00 bits per heavy atom. The Kier molecular flexibility index (Phi) is 6.59. The second-order valence-corrected chi connectivity index (χ2v) is 8.88. The molecule has 7 heteroatoms. The van der Waals surface area contributed by atoms with Crippen molar-refractivity contribution in [2.45, 2.75) is 27.7 Å². The molecule has 1 aromatic heterocycles.